The van der Waals surface area contributed by atoms with E-state index < -0.39 is 0 Å². The van der Waals surface area contributed by atoms with Crippen molar-refractivity contribution in [2.75, 3.05) is 11.6 Å². The number of aryl methyl sites for hydroxylation is 1. The quantitative estimate of drug-likeness (QED) is 0.523. The molecular weight excluding hydrogens is 388 g/mol. The van der Waals surface area contributed by atoms with Gasteiger partial charge in [-0.3, -0.25) is 0 Å². The van der Waals surface area contributed by atoms with Gasteiger partial charge in [-0.1, -0.05) is 29.9 Å². The van der Waals surface area contributed by atoms with E-state index in [0.29, 0.717) is 10.0 Å². The van der Waals surface area contributed by atoms with E-state index in [1.807, 2.05) is 43.5 Å². The average molecular weight is 402 g/mol. The third kappa shape index (κ3) is 3.72. The molecule has 2 rings (SSSR count). The number of benzene rings is 2. The number of hydrogen-bond acceptors (Lipinski definition) is 3. The number of rotatable bonds is 4. The lowest BCUT2D eigenvalue weighted by molar-refractivity contribution is 1.38. The Morgan fingerprint density at radius 1 is 1.33 bits per heavy atom. The van der Waals surface area contributed by atoms with Crippen molar-refractivity contribution < 1.29 is 0 Å². The number of halogens is 2. The highest BCUT2D eigenvalue weighted by Crippen LogP contribution is 2.34. The van der Waals surface area contributed by atoms with Crippen molar-refractivity contribution in [2.45, 2.75) is 11.8 Å². The molecule has 0 saturated carbocycles. The van der Waals surface area contributed by atoms with Gasteiger partial charge in [-0.05, 0) is 58.9 Å². The fraction of sp³-hybridized carbons (Fsp3) is 0.133. The van der Waals surface area contributed by atoms with Crippen LogP contribution in [0.1, 0.15) is 11.1 Å². The van der Waals surface area contributed by atoms with Crippen molar-refractivity contribution in [1.82, 2.24) is 0 Å². The number of hydrogen-bond donors (Lipinski definition) is 2. The predicted octanol–water partition coefficient (Wildman–Crippen LogP) is 5.51. The minimum atomic E-state index is 0.372. The SMILES string of the molecule is CSc1cccc(Nc2cc(Cl)c(C)cc2Br)c1C(N)=S. The average Bonchev–Trinajstić information content (AvgIpc) is 2.44. The summed E-state index contributed by atoms with van der Waals surface area (Å²) in [7, 11) is 0. The molecule has 6 heteroatoms. The highest BCUT2D eigenvalue weighted by atomic mass is 79.9. The van der Waals surface area contributed by atoms with Crippen LogP contribution in [0, 0.1) is 6.92 Å². The zero-order chi connectivity index (χ0) is 15.6. The Morgan fingerprint density at radius 2 is 2.05 bits per heavy atom. The molecule has 3 N–H and O–H groups in total. The van der Waals surface area contributed by atoms with E-state index in [9.17, 15) is 0 Å². The summed E-state index contributed by atoms with van der Waals surface area (Å²) in [5, 5.41) is 4.06. The van der Waals surface area contributed by atoms with Crippen LogP contribution in [0.2, 0.25) is 5.02 Å². The molecule has 0 atom stereocenters. The second-order valence-electron chi connectivity index (χ2n) is 4.45. The van der Waals surface area contributed by atoms with Crippen molar-refractivity contribution in [3.8, 4) is 0 Å². The maximum absolute atomic E-state index is 6.20. The molecule has 0 aliphatic carbocycles. The summed E-state index contributed by atoms with van der Waals surface area (Å²) in [4.78, 5) is 1.42. The first-order chi connectivity index (χ1) is 9.93. The van der Waals surface area contributed by atoms with Gasteiger partial charge in [0.25, 0.3) is 0 Å². The molecule has 2 nitrogen and oxygen atoms in total. The standard InChI is InChI=1S/C15H14BrClN2S2/c1-8-6-9(16)12(7-10(8)17)19-11-4-3-5-13(21-2)14(11)15(18)20/h3-7,19H,1-2H3,(H2,18,20). The first kappa shape index (κ1) is 16.6. The van der Waals surface area contributed by atoms with Crippen LogP contribution >= 0.6 is 51.5 Å². The molecule has 0 fully saturated rings. The third-order valence-corrected chi connectivity index (χ3v) is 5.06. The van der Waals surface area contributed by atoms with E-state index in [1.54, 1.807) is 11.8 Å². The van der Waals surface area contributed by atoms with Gasteiger partial charge in [-0.2, -0.15) is 0 Å². The molecule has 0 heterocycles. The monoisotopic (exact) mass is 400 g/mol. The molecule has 0 saturated heterocycles. The van der Waals surface area contributed by atoms with Gasteiger partial charge in [0.1, 0.15) is 4.99 Å². The highest BCUT2D eigenvalue weighted by Gasteiger charge is 2.12. The molecule has 0 aliphatic rings. The molecule has 0 unspecified atom stereocenters. The Morgan fingerprint density at radius 3 is 2.67 bits per heavy atom. The summed E-state index contributed by atoms with van der Waals surface area (Å²) in [6.45, 7) is 1.96. The first-order valence-corrected chi connectivity index (χ1v) is 8.94. The maximum atomic E-state index is 6.20. The van der Waals surface area contributed by atoms with Crippen LogP contribution < -0.4 is 11.1 Å². The van der Waals surface area contributed by atoms with Crippen LogP contribution in [0.3, 0.4) is 0 Å². The molecular formula is C15H14BrClN2S2. The summed E-state index contributed by atoms with van der Waals surface area (Å²) >= 11 is 16.5. The molecule has 110 valence electrons. The fourth-order valence-corrected chi connectivity index (χ4v) is 3.59. The lowest BCUT2D eigenvalue weighted by atomic mass is 10.1. The van der Waals surface area contributed by atoms with Gasteiger partial charge in [-0.25, -0.2) is 0 Å². The van der Waals surface area contributed by atoms with Gasteiger partial charge < -0.3 is 11.1 Å². The minimum Gasteiger partial charge on any atom is -0.389 e. The zero-order valence-corrected chi connectivity index (χ0v) is 15.5. The van der Waals surface area contributed by atoms with Crippen LogP contribution in [0.4, 0.5) is 11.4 Å². The first-order valence-electron chi connectivity index (χ1n) is 6.13. The van der Waals surface area contributed by atoms with Gasteiger partial charge in [0, 0.05) is 25.6 Å². The highest BCUT2D eigenvalue weighted by molar-refractivity contribution is 9.10. The Bertz CT molecular complexity index is 704. The van der Waals surface area contributed by atoms with Gasteiger partial charge in [0.2, 0.25) is 0 Å². The second-order valence-corrected chi connectivity index (χ2v) is 7.00. The van der Waals surface area contributed by atoms with Crippen LogP contribution in [0.25, 0.3) is 0 Å². The van der Waals surface area contributed by atoms with Crippen LogP contribution in [-0.4, -0.2) is 11.2 Å². The largest absolute Gasteiger partial charge is 0.389 e. The van der Waals surface area contributed by atoms with E-state index in [2.05, 4.69) is 21.2 Å². The second kappa shape index (κ2) is 7.01. The molecule has 0 bridgehead atoms. The summed E-state index contributed by atoms with van der Waals surface area (Å²) in [6, 6.07) is 9.79. The van der Waals surface area contributed by atoms with Gasteiger partial charge in [-0.15, -0.1) is 11.8 Å². The van der Waals surface area contributed by atoms with Crippen molar-refractivity contribution >= 4 is 67.9 Å². The van der Waals surface area contributed by atoms with E-state index >= 15 is 0 Å². The number of anilines is 2. The Hall–Kier alpha value is -0.750. The number of thioether (sulfide) groups is 1. The van der Waals surface area contributed by atoms with Crippen LogP contribution in [0.15, 0.2) is 39.7 Å². The van der Waals surface area contributed by atoms with Crippen molar-refractivity contribution in [3.05, 3.63) is 51.0 Å². The Balaban J connectivity index is 2.49. The zero-order valence-electron chi connectivity index (χ0n) is 11.5. The minimum absolute atomic E-state index is 0.372. The normalized spacial score (nSPS) is 10.5. The maximum Gasteiger partial charge on any atom is 0.107 e. The predicted molar refractivity (Wildman–Crippen MR) is 101 cm³/mol. The summed E-state index contributed by atoms with van der Waals surface area (Å²) < 4.78 is 0.938. The smallest absolute Gasteiger partial charge is 0.107 e. The molecule has 21 heavy (non-hydrogen) atoms. The van der Waals surface area contributed by atoms with Crippen molar-refractivity contribution in [3.63, 3.8) is 0 Å². The summed E-state index contributed by atoms with van der Waals surface area (Å²) in [5.74, 6) is 0. The number of nitrogens with two attached hydrogens (primary N) is 1. The van der Waals surface area contributed by atoms with Crippen molar-refractivity contribution in [2.24, 2.45) is 5.73 Å². The van der Waals surface area contributed by atoms with Crippen LogP contribution in [0.5, 0.6) is 0 Å². The van der Waals surface area contributed by atoms with Gasteiger partial charge in [0.05, 0.1) is 5.69 Å². The number of nitrogens with one attached hydrogen (secondary N) is 1. The van der Waals surface area contributed by atoms with Gasteiger partial charge in [0.15, 0.2) is 0 Å². The topological polar surface area (TPSA) is 38.0 Å². The van der Waals surface area contributed by atoms with Crippen LogP contribution in [-0.2, 0) is 0 Å². The molecule has 0 spiro atoms. The number of thiocarbonyl (C=S) groups is 1. The third-order valence-electron chi connectivity index (χ3n) is 3.01. The molecule has 0 radical (unpaired) electrons. The van der Waals surface area contributed by atoms with Crippen molar-refractivity contribution in [1.29, 1.82) is 0 Å². The van der Waals surface area contributed by atoms with E-state index in [1.165, 1.54) is 0 Å². The van der Waals surface area contributed by atoms with Gasteiger partial charge >= 0.3 is 0 Å². The molecule has 2 aromatic rings. The molecule has 0 aliphatic heterocycles. The molecule has 0 aromatic heterocycles. The molecule has 2 aromatic carbocycles. The summed E-state index contributed by atoms with van der Waals surface area (Å²) in [6.07, 6.45) is 2.00. The van der Waals surface area contributed by atoms with E-state index in [-0.39, 0.29) is 0 Å². The lowest BCUT2D eigenvalue weighted by Crippen LogP contribution is -2.13. The van der Waals surface area contributed by atoms with E-state index in [0.717, 1.165) is 31.9 Å². The fourth-order valence-electron chi connectivity index (χ4n) is 1.95. The molecule has 0 amide bonds. The Labute approximate surface area is 147 Å². The van der Waals surface area contributed by atoms with E-state index in [4.69, 9.17) is 29.6 Å². The lowest BCUT2D eigenvalue weighted by Gasteiger charge is -2.16. The Kier molecular flexibility index (Phi) is 5.54. The summed E-state index contributed by atoms with van der Waals surface area (Å²) in [5.41, 5.74) is 9.49.